The number of benzene rings is 2. The molecule has 31 heavy (non-hydrogen) atoms. The van der Waals surface area contributed by atoms with Gasteiger partial charge >= 0.3 is 0 Å². The van der Waals surface area contributed by atoms with Crippen LogP contribution in [0, 0.1) is 6.92 Å². The first-order chi connectivity index (χ1) is 15.1. The van der Waals surface area contributed by atoms with Gasteiger partial charge in [-0.1, -0.05) is 37.3 Å². The number of hydrogen-bond acceptors (Lipinski definition) is 5. The average Bonchev–Trinajstić information content (AvgIpc) is 3.11. The summed E-state index contributed by atoms with van der Waals surface area (Å²) in [7, 11) is 0. The molecule has 0 atom stereocenters. The van der Waals surface area contributed by atoms with E-state index in [0.717, 1.165) is 41.0 Å². The monoisotopic (exact) mass is 412 g/mol. The highest BCUT2D eigenvalue weighted by molar-refractivity contribution is 6.15. The molecule has 0 saturated carbocycles. The minimum atomic E-state index is -0.0788. The van der Waals surface area contributed by atoms with Crippen LogP contribution in [0.25, 0.3) is 6.08 Å². The zero-order valence-electron chi connectivity index (χ0n) is 17.7. The number of carbonyl (C=O) groups excluding carboxylic acids is 1. The van der Waals surface area contributed by atoms with Gasteiger partial charge < -0.3 is 9.47 Å². The number of ether oxygens (including phenoxy) is 2. The normalized spacial score (nSPS) is 16.6. The molecule has 1 aromatic heterocycles. The van der Waals surface area contributed by atoms with Crippen molar-refractivity contribution in [2.24, 2.45) is 0 Å². The van der Waals surface area contributed by atoms with Crippen LogP contribution < -0.4 is 9.47 Å². The lowest BCUT2D eigenvalue weighted by molar-refractivity contribution is 0.0876. The fourth-order valence-electron chi connectivity index (χ4n) is 4.15. The van der Waals surface area contributed by atoms with Crippen molar-refractivity contribution < 1.29 is 14.3 Å². The third kappa shape index (κ3) is 3.73. The summed E-state index contributed by atoms with van der Waals surface area (Å²) in [6.45, 7) is 6.02. The molecule has 2 aliphatic heterocycles. The van der Waals surface area contributed by atoms with Crippen LogP contribution in [-0.2, 0) is 19.5 Å². The molecule has 0 aliphatic carbocycles. The summed E-state index contributed by atoms with van der Waals surface area (Å²) >= 11 is 0. The first-order valence-electron chi connectivity index (χ1n) is 10.6. The number of fused-ring (bicyclic) bond motifs is 2. The highest BCUT2D eigenvalue weighted by Gasteiger charge is 2.33. The molecule has 0 radical (unpaired) electrons. The van der Waals surface area contributed by atoms with Crippen molar-refractivity contribution in [2.75, 3.05) is 6.73 Å². The fraction of sp³-hybridized carbons (Fsp3) is 0.231. The lowest BCUT2D eigenvalue weighted by atomic mass is 9.99. The van der Waals surface area contributed by atoms with E-state index in [9.17, 15) is 4.79 Å². The second-order valence-corrected chi connectivity index (χ2v) is 8.02. The van der Waals surface area contributed by atoms with E-state index >= 15 is 0 Å². The van der Waals surface area contributed by atoms with Crippen molar-refractivity contribution in [3.8, 4) is 11.5 Å². The Hall–Kier alpha value is -3.44. The number of rotatable bonds is 4. The Morgan fingerprint density at radius 3 is 2.71 bits per heavy atom. The van der Waals surface area contributed by atoms with E-state index in [1.54, 1.807) is 6.20 Å². The maximum Gasteiger partial charge on any atom is 0.231 e. The Morgan fingerprint density at radius 2 is 1.97 bits per heavy atom. The van der Waals surface area contributed by atoms with E-state index in [-0.39, 0.29) is 5.78 Å². The molecular formula is C26H24N2O3. The first-order valence-corrected chi connectivity index (χ1v) is 10.6. The highest BCUT2D eigenvalue weighted by Crippen LogP contribution is 2.43. The van der Waals surface area contributed by atoms with Crippen LogP contribution in [-0.4, -0.2) is 22.4 Å². The SMILES string of the molecule is CCc1ccc(/C=C2\Oc3c(cc4c(c3C)OCN(Cc3cccnc3)C4)C2=O)cc1. The number of carbonyl (C=O) groups is 1. The molecule has 5 rings (SSSR count). The van der Waals surface area contributed by atoms with Crippen LogP contribution in [0.2, 0.25) is 0 Å². The van der Waals surface area contributed by atoms with E-state index in [1.807, 2.05) is 43.5 Å². The summed E-state index contributed by atoms with van der Waals surface area (Å²) in [6.07, 6.45) is 6.44. The molecule has 0 fully saturated rings. The van der Waals surface area contributed by atoms with Gasteiger partial charge in [-0.05, 0) is 48.2 Å². The Balaban J connectivity index is 1.41. The molecule has 3 heterocycles. The quantitative estimate of drug-likeness (QED) is 0.569. The maximum absolute atomic E-state index is 13.1. The molecule has 0 N–H and O–H groups in total. The molecule has 5 nitrogen and oxygen atoms in total. The van der Waals surface area contributed by atoms with Gasteiger partial charge in [0, 0.05) is 36.6 Å². The van der Waals surface area contributed by atoms with Gasteiger partial charge in [0.1, 0.15) is 18.2 Å². The van der Waals surface area contributed by atoms with Gasteiger partial charge in [-0.3, -0.25) is 14.7 Å². The number of aromatic nitrogens is 1. The number of Topliss-reactive ketones (excluding diaryl/α,β-unsaturated/α-hetero) is 1. The van der Waals surface area contributed by atoms with E-state index in [1.165, 1.54) is 5.56 Å². The molecule has 0 bridgehead atoms. The molecule has 2 aromatic carbocycles. The molecule has 0 spiro atoms. The molecule has 3 aromatic rings. The van der Waals surface area contributed by atoms with Crippen LogP contribution in [0.4, 0.5) is 0 Å². The van der Waals surface area contributed by atoms with Crippen molar-refractivity contribution in [3.63, 3.8) is 0 Å². The molecule has 5 heteroatoms. The fourth-order valence-corrected chi connectivity index (χ4v) is 4.15. The number of hydrogen-bond donors (Lipinski definition) is 0. The van der Waals surface area contributed by atoms with Gasteiger partial charge in [0.2, 0.25) is 5.78 Å². The van der Waals surface area contributed by atoms with Crippen molar-refractivity contribution >= 4 is 11.9 Å². The predicted octanol–water partition coefficient (Wildman–Crippen LogP) is 4.92. The smallest absolute Gasteiger partial charge is 0.231 e. The zero-order chi connectivity index (χ0) is 21.4. The molecule has 2 aliphatic rings. The zero-order valence-corrected chi connectivity index (χ0v) is 17.7. The van der Waals surface area contributed by atoms with Crippen molar-refractivity contribution in [1.29, 1.82) is 0 Å². The third-order valence-corrected chi connectivity index (χ3v) is 5.82. The number of aryl methyl sites for hydroxylation is 1. The second-order valence-electron chi connectivity index (χ2n) is 8.02. The number of nitrogens with zero attached hydrogens (tertiary/aromatic N) is 2. The average molecular weight is 412 g/mol. The summed E-state index contributed by atoms with van der Waals surface area (Å²) < 4.78 is 12.1. The Labute approximate surface area is 181 Å². The van der Waals surface area contributed by atoms with Gasteiger partial charge in [-0.25, -0.2) is 0 Å². The van der Waals surface area contributed by atoms with E-state index in [4.69, 9.17) is 9.47 Å². The Bertz CT molecular complexity index is 1170. The Morgan fingerprint density at radius 1 is 1.13 bits per heavy atom. The van der Waals surface area contributed by atoms with Crippen LogP contribution in [0.1, 0.15) is 45.1 Å². The number of allylic oxidation sites excluding steroid dienone is 1. The van der Waals surface area contributed by atoms with Gasteiger partial charge in [0.05, 0.1) is 5.56 Å². The summed E-state index contributed by atoms with van der Waals surface area (Å²) in [5.41, 5.74) is 5.85. The van der Waals surface area contributed by atoms with Gasteiger partial charge in [-0.2, -0.15) is 0 Å². The lowest BCUT2D eigenvalue weighted by Crippen LogP contribution is -2.32. The third-order valence-electron chi connectivity index (χ3n) is 5.82. The van der Waals surface area contributed by atoms with Crippen LogP contribution >= 0.6 is 0 Å². The summed E-state index contributed by atoms with van der Waals surface area (Å²) in [5.74, 6) is 1.71. The van der Waals surface area contributed by atoms with Crippen LogP contribution in [0.15, 0.2) is 60.6 Å². The van der Waals surface area contributed by atoms with Gasteiger partial charge in [0.25, 0.3) is 0 Å². The minimum Gasteiger partial charge on any atom is -0.477 e. The number of pyridine rings is 1. The van der Waals surface area contributed by atoms with Crippen LogP contribution in [0.3, 0.4) is 0 Å². The minimum absolute atomic E-state index is 0.0788. The Kier molecular flexibility index (Phi) is 5.04. The van der Waals surface area contributed by atoms with Gasteiger partial charge in [0.15, 0.2) is 5.76 Å². The summed E-state index contributed by atoms with van der Waals surface area (Å²) in [4.78, 5) is 19.5. The van der Waals surface area contributed by atoms with Crippen molar-refractivity contribution in [1.82, 2.24) is 9.88 Å². The summed E-state index contributed by atoms with van der Waals surface area (Å²) in [6, 6.07) is 14.1. The topological polar surface area (TPSA) is 51.7 Å². The maximum atomic E-state index is 13.1. The second kappa shape index (κ2) is 8.00. The first kappa shape index (κ1) is 19.5. The van der Waals surface area contributed by atoms with Crippen molar-refractivity contribution in [2.45, 2.75) is 33.4 Å². The number of ketones is 1. The van der Waals surface area contributed by atoms with E-state index in [0.29, 0.717) is 30.3 Å². The van der Waals surface area contributed by atoms with Crippen molar-refractivity contribution in [3.05, 3.63) is 94.0 Å². The largest absolute Gasteiger partial charge is 0.477 e. The molecule has 0 saturated heterocycles. The van der Waals surface area contributed by atoms with Gasteiger partial charge in [-0.15, -0.1) is 0 Å². The highest BCUT2D eigenvalue weighted by atomic mass is 16.5. The molecular weight excluding hydrogens is 388 g/mol. The predicted molar refractivity (Wildman–Crippen MR) is 119 cm³/mol. The lowest BCUT2D eigenvalue weighted by Gasteiger charge is -2.30. The van der Waals surface area contributed by atoms with E-state index < -0.39 is 0 Å². The molecule has 0 amide bonds. The summed E-state index contributed by atoms with van der Waals surface area (Å²) in [5, 5.41) is 0. The standard InChI is InChI=1S/C26H24N2O3/c1-3-18-6-8-19(9-7-18)11-23-24(29)22-12-21-15-28(14-20-5-4-10-27-13-20)16-30-25(21)17(2)26(22)31-23/h4-13H,3,14-16H2,1-2H3/b23-11-. The molecule has 0 unspecified atom stereocenters. The van der Waals surface area contributed by atoms with Crippen LogP contribution in [0.5, 0.6) is 11.5 Å². The molecule has 156 valence electrons. The van der Waals surface area contributed by atoms with E-state index in [2.05, 4.69) is 35.0 Å².